The molecule has 0 fully saturated rings. The van der Waals surface area contributed by atoms with E-state index >= 15 is 0 Å². The Hall–Kier alpha value is -6.33. The molecule has 3 aromatic heterocycles. The summed E-state index contributed by atoms with van der Waals surface area (Å²) in [6.45, 7) is 4.68. The van der Waals surface area contributed by atoms with E-state index in [0.717, 1.165) is 55.7 Å². The summed E-state index contributed by atoms with van der Waals surface area (Å²) in [5, 5.41) is 2.33. The monoisotopic (exact) mass is 630 g/mol. The van der Waals surface area contributed by atoms with Crippen LogP contribution in [-0.2, 0) is 5.41 Å². The van der Waals surface area contributed by atoms with E-state index in [-0.39, 0.29) is 5.41 Å². The maximum Gasteiger partial charge on any atom is 0.227 e. The zero-order chi connectivity index (χ0) is 32.7. The summed E-state index contributed by atoms with van der Waals surface area (Å²) in [7, 11) is 0. The molecule has 0 spiro atoms. The van der Waals surface area contributed by atoms with Crippen molar-refractivity contribution in [2.45, 2.75) is 19.3 Å². The van der Waals surface area contributed by atoms with Gasteiger partial charge in [0.2, 0.25) is 5.89 Å². The Kier molecular flexibility index (Phi) is 5.85. The average Bonchev–Trinajstić information content (AvgIpc) is 3.81. The quantitative estimate of drug-likeness (QED) is 0.194. The second kappa shape index (κ2) is 10.3. The Bertz CT molecular complexity index is 2670. The van der Waals surface area contributed by atoms with Crippen molar-refractivity contribution in [2.75, 3.05) is 0 Å². The molecule has 9 aromatic rings. The van der Waals surface area contributed by atoms with Gasteiger partial charge in [-0.25, -0.2) is 15.0 Å². The third-order valence-corrected chi connectivity index (χ3v) is 10.0. The van der Waals surface area contributed by atoms with E-state index < -0.39 is 0 Å². The fourth-order valence-electron chi connectivity index (χ4n) is 7.81. The number of nitrogens with zero attached hydrogens (tertiary/aromatic N) is 4. The van der Waals surface area contributed by atoms with Gasteiger partial charge in [0.05, 0.1) is 16.7 Å². The SMILES string of the molecule is CC1(C)c2ccccc2-c2ccc3c(c21)c1ccc2oc(-c4ccccc4)nc2c1n3-c1cc(-c2ccccc2)nc(-c2ccccc2)n1. The second-order valence-corrected chi connectivity index (χ2v) is 13.2. The van der Waals surface area contributed by atoms with E-state index in [4.69, 9.17) is 19.4 Å². The maximum atomic E-state index is 6.46. The lowest BCUT2D eigenvalue weighted by atomic mass is 9.80. The van der Waals surface area contributed by atoms with E-state index in [9.17, 15) is 0 Å². The normalized spacial score (nSPS) is 13.3. The van der Waals surface area contributed by atoms with E-state index in [1.807, 2.05) is 66.7 Å². The second-order valence-electron chi connectivity index (χ2n) is 13.2. The minimum atomic E-state index is -0.214. The fourth-order valence-corrected chi connectivity index (χ4v) is 7.81. The van der Waals surface area contributed by atoms with Gasteiger partial charge in [-0.15, -0.1) is 0 Å². The summed E-state index contributed by atoms with van der Waals surface area (Å²) >= 11 is 0. The van der Waals surface area contributed by atoms with Gasteiger partial charge < -0.3 is 4.42 Å². The van der Waals surface area contributed by atoms with E-state index in [1.165, 1.54) is 27.6 Å². The predicted molar refractivity (Wildman–Crippen MR) is 198 cm³/mol. The van der Waals surface area contributed by atoms with Crippen molar-refractivity contribution in [3.05, 3.63) is 157 Å². The minimum Gasteiger partial charge on any atom is -0.436 e. The maximum absolute atomic E-state index is 6.46. The summed E-state index contributed by atoms with van der Waals surface area (Å²) in [5.74, 6) is 2.03. The molecule has 3 heterocycles. The molecule has 0 saturated heterocycles. The molecule has 0 bridgehead atoms. The lowest BCUT2D eigenvalue weighted by molar-refractivity contribution is 0.620. The first kappa shape index (κ1) is 27.8. The van der Waals surface area contributed by atoms with Gasteiger partial charge in [-0.05, 0) is 52.6 Å². The van der Waals surface area contributed by atoms with Gasteiger partial charge in [0, 0.05) is 38.9 Å². The van der Waals surface area contributed by atoms with E-state index in [0.29, 0.717) is 11.7 Å². The number of fused-ring (bicyclic) bond motifs is 9. The molecule has 0 N–H and O–H groups in total. The molecule has 0 amide bonds. The van der Waals surface area contributed by atoms with Crippen LogP contribution in [0.1, 0.15) is 25.0 Å². The molecule has 232 valence electrons. The summed E-state index contributed by atoms with van der Waals surface area (Å²) in [4.78, 5) is 15.6. The van der Waals surface area contributed by atoms with Gasteiger partial charge in [-0.1, -0.05) is 123 Å². The van der Waals surface area contributed by atoms with Crippen molar-refractivity contribution in [2.24, 2.45) is 0 Å². The van der Waals surface area contributed by atoms with Gasteiger partial charge in [-0.3, -0.25) is 4.57 Å². The van der Waals surface area contributed by atoms with Gasteiger partial charge in [-0.2, -0.15) is 0 Å². The average molecular weight is 631 g/mol. The van der Waals surface area contributed by atoms with Crippen LogP contribution in [0.15, 0.2) is 150 Å². The third kappa shape index (κ3) is 4.09. The Balaban J connectivity index is 1.36. The number of rotatable bonds is 4. The third-order valence-electron chi connectivity index (χ3n) is 10.0. The van der Waals surface area contributed by atoms with Crippen LogP contribution >= 0.6 is 0 Å². The summed E-state index contributed by atoms with van der Waals surface area (Å²) < 4.78 is 8.74. The fraction of sp³-hybridized carbons (Fsp3) is 0.0682. The molecule has 6 aromatic carbocycles. The van der Waals surface area contributed by atoms with Crippen LogP contribution in [0.4, 0.5) is 0 Å². The predicted octanol–water partition coefficient (Wildman–Crippen LogP) is 11.0. The van der Waals surface area contributed by atoms with Crippen LogP contribution in [-0.4, -0.2) is 19.5 Å². The van der Waals surface area contributed by atoms with Gasteiger partial charge in [0.15, 0.2) is 11.4 Å². The Morgan fingerprint density at radius 1 is 0.592 bits per heavy atom. The zero-order valence-corrected chi connectivity index (χ0v) is 27.1. The van der Waals surface area contributed by atoms with Crippen molar-refractivity contribution in [3.8, 4) is 51.0 Å². The minimum absolute atomic E-state index is 0.214. The number of oxazole rings is 1. The van der Waals surface area contributed by atoms with Crippen molar-refractivity contribution >= 4 is 32.9 Å². The molecule has 0 saturated carbocycles. The first-order valence-electron chi connectivity index (χ1n) is 16.6. The number of aromatic nitrogens is 4. The lowest BCUT2D eigenvalue weighted by Gasteiger charge is -2.22. The molecule has 10 rings (SSSR count). The highest BCUT2D eigenvalue weighted by atomic mass is 16.3. The molecular formula is C44H30N4O. The van der Waals surface area contributed by atoms with Gasteiger partial charge in [0.1, 0.15) is 11.3 Å². The summed E-state index contributed by atoms with van der Waals surface area (Å²) in [6, 6.07) is 50.3. The molecule has 0 aliphatic heterocycles. The molecular weight excluding hydrogens is 601 g/mol. The molecule has 0 radical (unpaired) electrons. The number of hydrogen-bond donors (Lipinski definition) is 0. The highest BCUT2D eigenvalue weighted by Gasteiger charge is 2.38. The van der Waals surface area contributed by atoms with E-state index in [2.05, 4.69) is 97.3 Å². The number of hydrogen-bond acceptors (Lipinski definition) is 4. The molecule has 5 heteroatoms. The molecule has 5 nitrogen and oxygen atoms in total. The Morgan fingerprint density at radius 2 is 1.27 bits per heavy atom. The summed E-state index contributed by atoms with van der Waals surface area (Å²) in [5.41, 5.74) is 12.4. The van der Waals surface area contributed by atoms with E-state index in [1.54, 1.807) is 0 Å². The highest BCUT2D eigenvalue weighted by Crippen LogP contribution is 2.53. The van der Waals surface area contributed by atoms with Crippen LogP contribution in [0.3, 0.4) is 0 Å². The molecule has 1 aliphatic rings. The van der Waals surface area contributed by atoms with Crippen molar-refractivity contribution in [1.82, 2.24) is 19.5 Å². The molecule has 0 atom stereocenters. The first-order chi connectivity index (χ1) is 24.1. The first-order valence-corrected chi connectivity index (χ1v) is 16.6. The standard InChI is InChI=1S/C44H30N4O/c1-44(2)33-21-13-12-20-30(33)31-22-24-35-38(39(31)44)32-23-25-36-40(47-43(49-36)29-18-10-5-11-19-29)41(32)48(35)37-26-34(27-14-6-3-7-15-27)45-42(46-37)28-16-8-4-9-17-28/h3-26H,1-2H3. The topological polar surface area (TPSA) is 56.7 Å². The largest absolute Gasteiger partial charge is 0.436 e. The van der Waals surface area contributed by atoms with Crippen molar-refractivity contribution < 1.29 is 4.42 Å². The Morgan fingerprint density at radius 3 is 2.02 bits per heavy atom. The van der Waals surface area contributed by atoms with Gasteiger partial charge >= 0.3 is 0 Å². The Labute approximate surface area is 283 Å². The summed E-state index contributed by atoms with van der Waals surface area (Å²) in [6.07, 6.45) is 0. The van der Waals surface area contributed by atoms with Gasteiger partial charge in [0.25, 0.3) is 0 Å². The van der Waals surface area contributed by atoms with Crippen LogP contribution in [0.5, 0.6) is 0 Å². The lowest BCUT2D eigenvalue weighted by Crippen LogP contribution is -2.15. The van der Waals surface area contributed by atoms with Crippen LogP contribution in [0.25, 0.3) is 83.9 Å². The van der Waals surface area contributed by atoms with Crippen LogP contribution in [0.2, 0.25) is 0 Å². The zero-order valence-electron chi connectivity index (χ0n) is 27.1. The van der Waals surface area contributed by atoms with Crippen LogP contribution < -0.4 is 0 Å². The number of benzene rings is 6. The highest BCUT2D eigenvalue weighted by molar-refractivity contribution is 6.20. The van der Waals surface area contributed by atoms with Crippen LogP contribution in [0, 0.1) is 0 Å². The van der Waals surface area contributed by atoms with Crippen molar-refractivity contribution in [3.63, 3.8) is 0 Å². The molecule has 1 aliphatic carbocycles. The smallest absolute Gasteiger partial charge is 0.227 e. The van der Waals surface area contributed by atoms with Crippen molar-refractivity contribution in [1.29, 1.82) is 0 Å². The molecule has 0 unspecified atom stereocenters. The molecule has 49 heavy (non-hydrogen) atoms.